The normalized spacial score (nSPS) is 11.1. The van der Waals surface area contributed by atoms with Crippen LogP contribution in [0.5, 0.6) is 0 Å². The van der Waals surface area contributed by atoms with Crippen LogP contribution in [0, 0.1) is 0 Å². The molecule has 2 N–H and O–H groups in total. The van der Waals surface area contributed by atoms with Gasteiger partial charge < -0.3 is 9.73 Å². The summed E-state index contributed by atoms with van der Waals surface area (Å²) in [6, 6.07) is 15.6. The molecule has 1 aromatic heterocycles. The second-order valence-corrected chi connectivity index (χ2v) is 7.49. The van der Waals surface area contributed by atoms with Crippen molar-refractivity contribution in [3.63, 3.8) is 0 Å². The summed E-state index contributed by atoms with van der Waals surface area (Å²) in [7, 11) is -3.85. The Labute approximate surface area is 155 Å². The van der Waals surface area contributed by atoms with Crippen LogP contribution in [0.3, 0.4) is 0 Å². The van der Waals surface area contributed by atoms with Gasteiger partial charge in [0, 0.05) is 5.02 Å². The zero-order chi connectivity index (χ0) is 18.6. The number of amides is 1. The first-order chi connectivity index (χ1) is 12.5. The monoisotopic (exact) mass is 390 g/mol. The lowest BCUT2D eigenvalue weighted by Gasteiger charge is -2.12. The lowest BCUT2D eigenvalue weighted by atomic mass is 10.1. The predicted molar refractivity (Wildman–Crippen MR) is 98.6 cm³/mol. The van der Waals surface area contributed by atoms with Gasteiger partial charge in [0.25, 0.3) is 15.9 Å². The SMILES string of the molecule is O=C(NCc1ccco1)c1ccccc1NS(=O)(=O)c1ccc(Cl)cc1. The molecule has 1 heterocycles. The molecule has 6 nitrogen and oxygen atoms in total. The minimum absolute atomic E-state index is 0.0488. The van der Waals surface area contributed by atoms with Crippen LogP contribution < -0.4 is 10.0 Å². The summed E-state index contributed by atoms with van der Waals surface area (Å²) < 4.78 is 32.7. The van der Waals surface area contributed by atoms with Gasteiger partial charge in [-0.25, -0.2) is 8.42 Å². The van der Waals surface area contributed by atoms with Crippen LogP contribution in [0.1, 0.15) is 16.1 Å². The van der Waals surface area contributed by atoms with E-state index in [1.165, 1.54) is 42.7 Å². The highest BCUT2D eigenvalue weighted by Gasteiger charge is 2.18. The largest absolute Gasteiger partial charge is 0.467 e. The average Bonchev–Trinajstić information content (AvgIpc) is 3.14. The molecule has 0 aliphatic carbocycles. The second kappa shape index (κ2) is 7.63. The molecule has 2 aromatic carbocycles. The van der Waals surface area contributed by atoms with Gasteiger partial charge in [-0.3, -0.25) is 9.52 Å². The maximum absolute atomic E-state index is 12.5. The third-order valence-corrected chi connectivity index (χ3v) is 5.18. The Morgan fingerprint density at radius 1 is 1.00 bits per heavy atom. The van der Waals surface area contributed by atoms with Gasteiger partial charge in [0.2, 0.25) is 0 Å². The number of para-hydroxylation sites is 1. The number of carbonyl (C=O) groups is 1. The molecule has 3 rings (SSSR count). The number of hydrogen-bond donors (Lipinski definition) is 2. The Morgan fingerprint density at radius 3 is 2.42 bits per heavy atom. The van der Waals surface area contributed by atoms with E-state index in [-0.39, 0.29) is 22.7 Å². The molecule has 0 fully saturated rings. The van der Waals surface area contributed by atoms with Crippen LogP contribution in [0.25, 0.3) is 0 Å². The maximum Gasteiger partial charge on any atom is 0.261 e. The highest BCUT2D eigenvalue weighted by Crippen LogP contribution is 2.21. The molecular weight excluding hydrogens is 376 g/mol. The first-order valence-corrected chi connectivity index (χ1v) is 9.50. The fraction of sp³-hybridized carbons (Fsp3) is 0.0556. The summed E-state index contributed by atoms with van der Waals surface area (Å²) in [5.74, 6) is 0.174. The zero-order valence-electron chi connectivity index (χ0n) is 13.5. The van der Waals surface area contributed by atoms with Gasteiger partial charge in [0.1, 0.15) is 5.76 Å². The van der Waals surface area contributed by atoms with E-state index < -0.39 is 15.9 Å². The number of benzene rings is 2. The van der Waals surface area contributed by atoms with Gasteiger partial charge in [-0.05, 0) is 48.5 Å². The van der Waals surface area contributed by atoms with Crippen LogP contribution in [0.4, 0.5) is 5.69 Å². The van der Waals surface area contributed by atoms with Crippen molar-refractivity contribution in [1.29, 1.82) is 0 Å². The molecule has 0 saturated carbocycles. The number of sulfonamides is 1. The number of anilines is 1. The molecule has 134 valence electrons. The van der Waals surface area contributed by atoms with E-state index >= 15 is 0 Å². The van der Waals surface area contributed by atoms with Crippen LogP contribution in [0.15, 0.2) is 76.2 Å². The molecule has 0 bridgehead atoms. The summed E-state index contributed by atoms with van der Waals surface area (Å²) in [6.07, 6.45) is 1.51. The molecule has 0 unspecified atom stereocenters. The van der Waals surface area contributed by atoms with Crippen LogP contribution in [-0.4, -0.2) is 14.3 Å². The van der Waals surface area contributed by atoms with Crippen molar-refractivity contribution >= 4 is 33.2 Å². The smallest absolute Gasteiger partial charge is 0.261 e. The number of carbonyl (C=O) groups excluding carboxylic acids is 1. The molecule has 1 amide bonds. The Morgan fingerprint density at radius 2 is 1.73 bits per heavy atom. The standard InChI is InChI=1S/C18H15ClN2O4S/c19-13-7-9-15(10-8-13)26(23,24)21-17-6-2-1-5-16(17)18(22)20-12-14-4-3-11-25-14/h1-11,21H,12H2,(H,20,22). The quantitative estimate of drug-likeness (QED) is 0.672. The molecule has 0 spiro atoms. The van der Waals surface area contributed by atoms with Crippen molar-refractivity contribution < 1.29 is 17.6 Å². The van der Waals surface area contributed by atoms with Crippen molar-refractivity contribution in [3.8, 4) is 0 Å². The summed E-state index contributed by atoms with van der Waals surface area (Å²) in [5, 5.41) is 3.12. The number of nitrogens with one attached hydrogen (secondary N) is 2. The van der Waals surface area contributed by atoms with E-state index in [0.717, 1.165) is 0 Å². The minimum atomic E-state index is -3.85. The van der Waals surface area contributed by atoms with Crippen LogP contribution in [-0.2, 0) is 16.6 Å². The van der Waals surface area contributed by atoms with Crippen molar-refractivity contribution in [3.05, 3.63) is 83.3 Å². The molecule has 0 saturated heterocycles. The number of furan rings is 1. The predicted octanol–water partition coefficient (Wildman–Crippen LogP) is 3.66. The Kier molecular flexibility index (Phi) is 5.29. The topological polar surface area (TPSA) is 88.4 Å². The molecule has 0 aliphatic rings. The van der Waals surface area contributed by atoms with Gasteiger partial charge >= 0.3 is 0 Å². The van der Waals surface area contributed by atoms with E-state index in [0.29, 0.717) is 10.8 Å². The Balaban J connectivity index is 1.80. The van der Waals surface area contributed by atoms with Gasteiger partial charge in [-0.1, -0.05) is 23.7 Å². The molecule has 26 heavy (non-hydrogen) atoms. The first kappa shape index (κ1) is 18.0. The molecule has 0 atom stereocenters. The van der Waals surface area contributed by atoms with Gasteiger partial charge in [0.15, 0.2) is 0 Å². The lowest BCUT2D eigenvalue weighted by molar-refractivity contribution is 0.0949. The highest BCUT2D eigenvalue weighted by atomic mass is 35.5. The minimum Gasteiger partial charge on any atom is -0.467 e. The van der Waals surface area contributed by atoms with E-state index in [9.17, 15) is 13.2 Å². The molecule has 0 aliphatic heterocycles. The summed E-state index contributed by atoms with van der Waals surface area (Å²) >= 11 is 5.79. The number of rotatable bonds is 6. The molecule has 0 radical (unpaired) electrons. The highest BCUT2D eigenvalue weighted by molar-refractivity contribution is 7.92. The van der Waals surface area contributed by atoms with Crippen LogP contribution in [0.2, 0.25) is 5.02 Å². The van der Waals surface area contributed by atoms with E-state index in [1.54, 1.807) is 24.3 Å². The van der Waals surface area contributed by atoms with Crippen molar-refractivity contribution in [2.24, 2.45) is 0 Å². The van der Waals surface area contributed by atoms with E-state index in [4.69, 9.17) is 16.0 Å². The van der Waals surface area contributed by atoms with Crippen molar-refractivity contribution in [2.45, 2.75) is 11.4 Å². The summed E-state index contributed by atoms with van der Waals surface area (Å²) in [6.45, 7) is 0.199. The summed E-state index contributed by atoms with van der Waals surface area (Å²) in [4.78, 5) is 12.5. The molecular formula is C18H15ClN2O4S. The molecule has 3 aromatic rings. The van der Waals surface area contributed by atoms with E-state index in [1.807, 2.05) is 0 Å². The first-order valence-electron chi connectivity index (χ1n) is 7.64. The van der Waals surface area contributed by atoms with Gasteiger partial charge in [-0.2, -0.15) is 0 Å². The van der Waals surface area contributed by atoms with Crippen LogP contribution >= 0.6 is 11.6 Å². The third-order valence-electron chi connectivity index (χ3n) is 3.54. The number of halogens is 1. The van der Waals surface area contributed by atoms with Gasteiger partial charge in [0.05, 0.1) is 29.0 Å². The Hall–Kier alpha value is -2.77. The van der Waals surface area contributed by atoms with Gasteiger partial charge in [-0.15, -0.1) is 0 Å². The fourth-order valence-corrected chi connectivity index (χ4v) is 3.47. The second-order valence-electron chi connectivity index (χ2n) is 5.37. The van der Waals surface area contributed by atoms with Crippen molar-refractivity contribution in [2.75, 3.05) is 4.72 Å². The molecule has 8 heteroatoms. The Bertz CT molecular complexity index is 1000. The number of hydrogen-bond acceptors (Lipinski definition) is 4. The maximum atomic E-state index is 12.5. The average molecular weight is 391 g/mol. The lowest BCUT2D eigenvalue weighted by Crippen LogP contribution is -2.24. The third kappa shape index (κ3) is 4.25. The van der Waals surface area contributed by atoms with Crippen molar-refractivity contribution in [1.82, 2.24) is 5.32 Å². The van der Waals surface area contributed by atoms with E-state index in [2.05, 4.69) is 10.0 Å². The fourth-order valence-electron chi connectivity index (χ4n) is 2.26. The summed E-state index contributed by atoms with van der Waals surface area (Å²) in [5.41, 5.74) is 0.385. The zero-order valence-corrected chi connectivity index (χ0v) is 15.0.